The molecule has 0 fully saturated rings. The lowest BCUT2D eigenvalue weighted by Crippen LogP contribution is -2.27. The normalized spacial score (nSPS) is 10.8. The standard InChI is InChI=1S/C16H18ClN3O3/c1-10(2)15-13(16(23)18-8-7-14(21)22)9-19-20(15)12-5-3-11(17)4-6-12/h3-6,9-10H,7-8H2,1-2H3,(H,18,23)(H,21,22). The van der Waals surface area contributed by atoms with Crippen molar-refractivity contribution in [2.24, 2.45) is 0 Å². The van der Waals surface area contributed by atoms with E-state index in [0.29, 0.717) is 10.6 Å². The minimum Gasteiger partial charge on any atom is -0.481 e. The van der Waals surface area contributed by atoms with Crippen LogP contribution < -0.4 is 5.32 Å². The van der Waals surface area contributed by atoms with E-state index in [1.807, 2.05) is 26.0 Å². The van der Waals surface area contributed by atoms with E-state index < -0.39 is 5.97 Å². The predicted molar refractivity (Wildman–Crippen MR) is 87.2 cm³/mol. The van der Waals surface area contributed by atoms with Gasteiger partial charge in [0, 0.05) is 11.6 Å². The molecule has 0 unspecified atom stereocenters. The van der Waals surface area contributed by atoms with Gasteiger partial charge in [-0.05, 0) is 30.2 Å². The number of amides is 1. The van der Waals surface area contributed by atoms with Crippen LogP contribution in [0, 0.1) is 0 Å². The van der Waals surface area contributed by atoms with Gasteiger partial charge < -0.3 is 10.4 Å². The van der Waals surface area contributed by atoms with Crippen molar-refractivity contribution in [2.45, 2.75) is 26.2 Å². The van der Waals surface area contributed by atoms with Gasteiger partial charge in [-0.15, -0.1) is 0 Å². The van der Waals surface area contributed by atoms with Gasteiger partial charge in [0.25, 0.3) is 5.91 Å². The molecule has 0 saturated carbocycles. The number of hydrogen-bond acceptors (Lipinski definition) is 3. The lowest BCUT2D eigenvalue weighted by molar-refractivity contribution is -0.136. The maximum absolute atomic E-state index is 12.3. The third-order valence-corrected chi connectivity index (χ3v) is 3.55. The molecular weight excluding hydrogens is 318 g/mol. The van der Waals surface area contributed by atoms with Crippen molar-refractivity contribution in [3.8, 4) is 5.69 Å². The number of carboxylic acids is 1. The van der Waals surface area contributed by atoms with E-state index in [4.69, 9.17) is 16.7 Å². The highest BCUT2D eigenvalue weighted by Crippen LogP contribution is 2.23. The fourth-order valence-electron chi connectivity index (χ4n) is 2.25. The lowest BCUT2D eigenvalue weighted by Gasteiger charge is -2.13. The molecule has 0 spiro atoms. The molecule has 0 aliphatic rings. The third-order valence-electron chi connectivity index (χ3n) is 3.29. The number of hydrogen-bond donors (Lipinski definition) is 2. The van der Waals surface area contributed by atoms with Crippen LogP contribution in [0.25, 0.3) is 5.69 Å². The molecule has 6 nitrogen and oxygen atoms in total. The summed E-state index contributed by atoms with van der Waals surface area (Å²) in [5, 5.41) is 16.2. The van der Waals surface area contributed by atoms with E-state index >= 15 is 0 Å². The zero-order chi connectivity index (χ0) is 17.0. The summed E-state index contributed by atoms with van der Waals surface area (Å²) in [6, 6.07) is 7.17. The van der Waals surface area contributed by atoms with Crippen molar-refractivity contribution in [3.05, 3.63) is 46.7 Å². The van der Waals surface area contributed by atoms with E-state index in [1.54, 1.807) is 16.8 Å². The third kappa shape index (κ3) is 4.10. The summed E-state index contributed by atoms with van der Waals surface area (Å²) in [6.07, 6.45) is 1.38. The molecule has 1 aromatic carbocycles. The van der Waals surface area contributed by atoms with Gasteiger partial charge in [-0.25, -0.2) is 4.68 Å². The molecule has 0 aliphatic carbocycles. The summed E-state index contributed by atoms with van der Waals surface area (Å²) in [6.45, 7) is 4.02. The first kappa shape index (κ1) is 17.0. The maximum atomic E-state index is 12.3. The van der Waals surface area contributed by atoms with Gasteiger partial charge in [-0.2, -0.15) is 5.10 Å². The second kappa shape index (κ2) is 7.28. The van der Waals surface area contributed by atoms with Crippen LogP contribution in [0.2, 0.25) is 5.02 Å². The highest BCUT2D eigenvalue weighted by atomic mass is 35.5. The Bertz CT molecular complexity index is 708. The van der Waals surface area contributed by atoms with Crippen LogP contribution in [-0.4, -0.2) is 33.3 Å². The zero-order valence-corrected chi connectivity index (χ0v) is 13.7. The minimum atomic E-state index is -0.953. The number of rotatable bonds is 6. The zero-order valence-electron chi connectivity index (χ0n) is 12.9. The molecule has 0 radical (unpaired) electrons. The van der Waals surface area contributed by atoms with E-state index in [1.165, 1.54) is 6.20 Å². The van der Waals surface area contributed by atoms with Crippen molar-refractivity contribution in [3.63, 3.8) is 0 Å². The summed E-state index contributed by atoms with van der Waals surface area (Å²) < 4.78 is 1.70. The van der Waals surface area contributed by atoms with Crippen LogP contribution in [-0.2, 0) is 4.79 Å². The second-order valence-electron chi connectivity index (χ2n) is 5.39. The van der Waals surface area contributed by atoms with Gasteiger partial charge in [-0.3, -0.25) is 9.59 Å². The molecule has 0 bridgehead atoms. The number of carbonyl (C=O) groups is 2. The van der Waals surface area contributed by atoms with E-state index in [0.717, 1.165) is 11.4 Å². The second-order valence-corrected chi connectivity index (χ2v) is 5.82. The molecule has 0 saturated heterocycles. The summed E-state index contributed by atoms with van der Waals surface area (Å²) in [7, 11) is 0. The molecule has 7 heteroatoms. The van der Waals surface area contributed by atoms with Gasteiger partial charge in [0.1, 0.15) is 0 Å². The molecule has 2 aromatic rings. The number of carboxylic acid groups (broad SMARTS) is 1. The van der Waals surface area contributed by atoms with Gasteiger partial charge in [0.15, 0.2) is 0 Å². The number of nitrogens with zero attached hydrogens (tertiary/aromatic N) is 2. The molecule has 1 amide bonds. The Kier molecular flexibility index (Phi) is 5.39. The van der Waals surface area contributed by atoms with Gasteiger partial charge in [0.05, 0.1) is 29.6 Å². The SMILES string of the molecule is CC(C)c1c(C(=O)NCCC(=O)O)cnn1-c1ccc(Cl)cc1. The summed E-state index contributed by atoms with van der Waals surface area (Å²) in [5.74, 6) is -1.21. The number of aliphatic carboxylic acids is 1. The smallest absolute Gasteiger partial charge is 0.305 e. The Labute approximate surface area is 139 Å². The molecule has 122 valence electrons. The van der Waals surface area contributed by atoms with Gasteiger partial charge in [0.2, 0.25) is 0 Å². The Morgan fingerprint density at radius 3 is 2.52 bits per heavy atom. The largest absolute Gasteiger partial charge is 0.481 e. The van der Waals surface area contributed by atoms with Crippen LogP contribution in [0.5, 0.6) is 0 Å². The lowest BCUT2D eigenvalue weighted by atomic mass is 10.0. The molecule has 2 rings (SSSR count). The Hall–Kier alpha value is -2.34. The maximum Gasteiger partial charge on any atom is 0.305 e. The summed E-state index contributed by atoms with van der Waals surface area (Å²) in [5.41, 5.74) is 2.02. The van der Waals surface area contributed by atoms with E-state index in [9.17, 15) is 9.59 Å². The Morgan fingerprint density at radius 1 is 1.30 bits per heavy atom. The van der Waals surface area contributed by atoms with Gasteiger partial charge in [-0.1, -0.05) is 25.4 Å². The Balaban J connectivity index is 2.29. The predicted octanol–water partition coefficient (Wildman–Crippen LogP) is 2.85. The van der Waals surface area contributed by atoms with Crippen molar-refractivity contribution in [1.29, 1.82) is 0 Å². The van der Waals surface area contributed by atoms with Gasteiger partial charge >= 0.3 is 5.97 Å². The van der Waals surface area contributed by atoms with E-state index in [2.05, 4.69) is 10.4 Å². The monoisotopic (exact) mass is 335 g/mol. The molecule has 23 heavy (non-hydrogen) atoms. The van der Waals surface area contributed by atoms with Crippen molar-refractivity contribution in [1.82, 2.24) is 15.1 Å². The summed E-state index contributed by atoms with van der Waals surface area (Å²) >= 11 is 5.90. The number of aromatic nitrogens is 2. The number of benzene rings is 1. The highest BCUT2D eigenvalue weighted by molar-refractivity contribution is 6.30. The highest BCUT2D eigenvalue weighted by Gasteiger charge is 2.20. The number of halogens is 1. The molecule has 1 heterocycles. The molecule has 0 aliphatic heterocycles. The minimum absolute atomic E-state index is 0.0633. The van der Waals surface area contributed by atoms with Crippen molar-refractivity contribution >= 4 is 23.5 Å². The molecular formula is C16H18ClN3O3. The quantitative estimate of drug-likeness (QED) is 0.850. The van der Waals surface area contributed by atoms with Crippen LogP contribution in [0.3, 0.4) is 0 Å². The first-order valence-electron chi connectivity index (χ1n) is 7.24. The number of nitrogens with one attached hydrogen (secondary N) is 1. The molecule has 0 atom stereocenters. The fraction of sp³-hybridized carbons (Fsp3) is 0.312. The number of carbonyl (C=O) groups excluding carboxylic acids is 1. The Morgan fingerprint density at radius 2 is 1.96 bits per heavy atom. The molecule has 2 N–H and O–H groups in total. The van der Waals surface area contributed by atoms with Crippen LogP contribution >= 0.6 is 11.6 Å². The van der Waals surface area contributed by atoms with Crippen LogP contribution in [0.4, 0.5) is 0 Å². The first-order valence-corrected chi connectivity index (χ1v) is 7.61. The van der Waals surface area contributed by atoms with E-state index in [-0.39, 0.29) is 24.8 Å². The van der Waals surface area contributed by atoms with Crippen molar-refractivity contribution in [2.75, 3.05) is 6.54 Å². The molecule has 1 aromatic heterocycles. The average Bonchev–Trinajstić information content (AvgIpc) is 2.92. The first-order chi connectivity index (χ1) is 10.9. The topological polar surface area (TPSA) is 84.2 Å². The summed E-state index contributed by atoms with van der Waals surface area (Å²) in [4.78, 5) is 22.8. The average molecular weight is 336 g/mol. The fourth-order valence-corrected chi connectivity index (χ4v) is 2.38. The van der Waals surface area contributed by atoms with Crippen LogP contribution in [0.1, 0.15) is 42.2 Å². The van der Waals surface area contributed by atoms with Crippen LogP contribution in [0.15, 0.2) is 30.5 Å². The van der Waals surface area contributed by atoms with Crippen molar-refractivity contribution < 1.29 is 14.7 Å².